The van der Waals surface area contributed by atoms with Crippen LogP contribution in [0, 0.1) is 0 Å². The number of amides is 1. The number of aliphatic carboxylic acids is 1. The molecule has 0 aromatic heterocycles. The lowest BCUT2D eigenvalue weighted by atomic mass is 9.98. The zero-order valence-electron chi connectivity index (χ0n) is 15.3. The molecule has 2 aromatic carbocycles. The van der Waals surface area contributed by atoms with Crippen molar-refractivity contribution >= 4 is 11.9 Å². The van der Waals surface area contributed by atoms with E-state index in [9.17, 15) is 9.59 Å². The number of para-hydroxylation sites is 1. The third kappa shape index (κ3) is 5.09. The second-order valence-corrected chi connectivity index (χ2v) is 6.83. The molecule has 1 aliphatic heterocycles. The van der Waals surface area contributed by atoms with Crippen molar-refractivity contribution in [3.05, 3.63) is 65.7 Å². The maximum absolute atomic E-state index is 13.1. The highest BCUT2D eigenvalue weighted by molar-refractivity contribution is 5.97. The van der Waals surface area contributed by atoms with E-state index in [2.05, 4.69) is 0 Å². The van der Waals surface area contributed by atoms with Crippen molar-refractivity contribution in [2.75, 3.05) is 13.2 Å². The van der Waals surface area contributed by atoms with E-state index >= 15 is 0 Å². The predicted octanol–water partition coefficient (Wildman–Crippen LogP) is 3.78. The monoisotopic (exact) mass is 367 g/mol. The van der Waals surface area contributed by atoms with Gasteiger partial charge in [-0.1, -0.05) is 42.5 Å². The minimum atomic E-state index is -0.868. The van der Waals surface area contributed by atoms with E-state index in [4.69, 9.17) is 9.84 Å². The van der Waals surface area contributed by atoms with Gasteiger partial charge < -0.3 is 14.7 Å². The van der Waals surface area contributed by atoms with Gasteiger partial charge in [0.15, 0.2) is 0 Å². The van der Waals surface area contributed by atoms with Crippen LogP contribution < -0.4 is 4.74 Å². The average Bonchev–Trinajstić information content (AvgIpc) is 2.69. The van der Waals surface area contributed by atoms with E-state index in [-0.39, 0.29) is 18.4 Å². The standard InChI is InChI=1S/C22H25NO4/c24-21(25)16-18-10-6-7-14-23(18)22(26)19-11-4-5-12-20(19)27-15-13-17-8-2-1-3-9-17/h1-5,8-9,11-12,18H,6-7,10,13-16H2,(H,24,25)/t18-/m0/s1. The van der Waals surface area contributed by atoms with Crippen LogP contribution in [0.25, 0.3) is 0 Å². The fourth-order valence-electron chi connectivity index (χ4n) is 3.53. The molecule has 3 rings (SSSR count). The lowest BCUT2D eigenvalue weighted by Gasteiger charge is -2.35. The summed E-state index contributed by atoms with van der Waals surface area (Å²) >= 11 is 0. The van der Waals surface area contributed by atoms with Gasteiger partial charge in [0, 0.05) is 19.0 Å². The van der Waals surface area contributed by atoms with E-state index in [0.29, 0.717) is 24.5 Å². The number of carboxylic acid groups (broad SMARTS) is 1. The Morgan fingerprint density at radius 3 is 2.56 bits per heavy atom. The summed E-state index contributed by atoms with van der Waals surface area (Å²) in [5, 5.41) is 9.15. The summed E-state index contributed by atoms with van der Waals surface area (Å²) < 4.78 is 5.91. The molecule has 27 heavy (non-hydrogen) atoms. The third-order valence-corrected chi connectivity index (χ3v) is 4.91. The maximum Gasteiger partial charge on any atom is 0.305 e. The Balaban J connectivity index is 1.70. The molecule has 1 heterocycles. The first-order chi connectivity index (χ1) is 13.1. The highest BCUT2D eigenvalue weighted by Crippen LogP contribution is 2.26. The van der Waals surface area contributed by atoms with Gasteiger partial charge in [-0.25, -0.2) is 0 Å². The molecule has 1 atom stereocenters. The van der Waals surface area contributed by atoms with Gasteiger partial charge in [0.2, 0.25) is 0 Å². The van der Waals surface area contributed by atoms with Crippen molar-refractivity contribution < 1.29 is 19.4 Å². The molecule has 1 N–H and O–H groups in total. The molecule has 0 unspecified atom stereocenters. The Labute approximate surface area is 159 Å². The van der Waals surface area contributed by atoms with Crippen molar-refractivity contribution in [1.82, 2.24) is 4.90 Å². The molecular weight excluding hydrogens is 342 g/mol. The minimum Gasteiger partial charge on any atom is -0.492 e. The topological polar surface area (TPSA) is 66.8 Å². The van der Waals surface area contributed by atoms with Gasteiger partial charge >= 0.3 is 5.97 Å². The highest BCUT2D eigenvalue weighted by atomic mass is 16.5. The molecule has 1 aliphatic rings. The van der Waals surface area contributed by atoms with Crippen LogP contribution in [0.4, 0.5) is 0 Å². The van der Waals surface area contributed by atoms with Crippen LogP contribution in [-0.4, -0.2) is 41.1 Å². The molecule has 0 bridgehead atoms. The number of ether oxygens (including phenoxy) is 1. The number of carbonyl (C=O) groups excluding carboxylic acids is 1. The first kappa shape index (κ1) is 19.0. The second kappa shape index (κ2) is 9.21. The SMILES string of the molecule is O=C(O)C[C@@H]1CCCCN1C(=O)c1ccccc1OCCc1ccccc1. The van der Waals surface area contributed by atoms with E-state index in [1.165, 1.54) is 5.56 Å². The van der Waals surface area contributed by atoms with Crippen LogP contribution in [0.15, 0.2) is 54.6 Å². The van der Waals surface area contributed by atoms with Crippen LogP contribution in [0.3, 0.4) is 0 Å². The summed E-state index contributed by atoms with van der Waals surface area (Å²) in [6.07, 6.45) is 3.34. The van der Waals surface area contributed by atoms with E-state index in [1.807, 2.05) is 42.5 Å². The Hall–Kier alpha value is -2.82. The van der Waals surface area contributed by atoms with Crippen molar-refractivity contribution in [3.63, 3.8) is 0 Å². The van der Waals surface area contributed by atoms with Crippen LogP contribution >= 0.6 is 0 Å². The average molecular weight is 367 g/mol. The Morgan fingerprint density at radius 2 is 1.78 bits per heavy atom. The fourth-order valence-corrected chi connectivity index (χ4v) is 3.53. The van der Waals surface area contributed by atoms with Crippen LogP contribution in [0.1, 0.15) is 41.6 Å². The summed E-state index contributed by atoms with van der Waals surface area (Å²) in [7, 11) is 0. The van der Waals surface area contributed by atoms with Crippen molar-refractivity contribution in [2.24, 2.45) is 0 Å². The quantitative estimate of drug-likeness (QED) is 0.809. The van der Waals surface area contributed by atoms with Gasteiger partial charge in [0.25, 0.3) is 5.91 Å². The van der Waals surface area contributed by atoms with Crippen molar-refractivity contribution in [1.29, 1.82) is 0 Å². The van der Waals surface area contributed by atoms with Gasteiger partial charge in [-0.05, 0) is 37.0 Å². The lowest BCUT2D eigenvalue weighted by Crippen LogP contribution is -2.44. The molecule has 1 fully saturated rings. The number of carbonyl (C=O) groups is 2. The van der Waals surface area contributed by atoms with Crippen molar-refractivity contribution in [2.45, 2.75) is 38.1 Å². The van der Waals surface area contributed by atoms with Crippen LogP contribution in [0.2, 0.25) is 0 Å². The summed E-state index contributed by atoms with van der Waals surface area (Å²) in [6.45, 7) is 1.07. The smallest absolute Gasteiger partial charge is 0.305 e. The number of rotatable bonds is 7. The van der Waals surface area contributed by atoms with E-state index in [0.717, 1.165) is 25.7 Å². The number of nitrogens with zero attached hydrogens (tertiary/aromatic N) is 1. The molecule has 0 saturated carbocycles. The Kier molecular flexibility index (Phi) is 6.47. The van der Waals surface area contributed by atoms with Crippen LogP contribution in [0.5, 0.6) is 5.75 Å². The van der Waals surface area contributed by atoms with Crippen LogP contribution in [-0.2, 0) is 11.2 Å². The molecule has 1 amide bonds. The normalized spacial score (nSPS) is 16.7. The van der Waals surface area contributed by atoms with E-state index in [1.54, 1.807) is 17.0 Å². The highest BCUT2D eigenvalue weighted by Gasteiger charge is 2.30. The first-order valence-electron chi connectivity index (χ1n) is 9.43. The van der Waals surface area contributed by atoms with Gasteiger partial charge in [-0.2, -0.15) is 0 Å². The lowest BCUT2D eigenvalue weighted by molar-refractivity contribution is -0.138. The molecule has 142 valence electrons. The molecular formula is C22H25NO4. The maximum atomic E-state index is 13.1. The molecule has 5 heteroatoms. The largest absolute Gasteiger partial charge is 0.492 e. The Morgan fingerprint density at radius 1 is 1.04 bits per heavy atom. The number of carboxylic acids is 1. The molecule has 0 aliphatic carbocycles. The number of piperidine rings is 1. The summed E-state index contributed by atoms with van der Waals surface area (Å²) in [6, 6.07) is 17.0. The third-order valence-electron chi connectivity index (χ3n) is 4.91. The van der Waals surface area contributed by atoms with Gasteiger partial charge in [-0.15, -0.1) is 0 Å². The minimum absolute atomic E-state index is 0.0111. The zero-order chi connectivity index (χ0) is 19.1. The fraction of sp³-hybridized carbons (Fsp3) is 0.364. The van der Waals surface area contributed by atoms with Gasteiger partial charge in [0.1, 0.15) is 5.75 Å². The second-order valence-electron chi connectivity index (χ2n) is 6.83. The molecule has 0 radical (unpaired) electrons. The number of likely N-dealkylation sites (tertiary alicyclic amines) is 1. The first-order valence-corrected chi connectivity index (χ1v) is 9.43. The van der Waals surface area contributed by atoms with Crippen molar-refractivity contribution in [3.8, 4) is 5.75 Å². The Bertz CT molecular complexity index is 775. The predicted molar refractivity (Wildman–Crippen MR) is 103 cm³/mol. The van der Waals surface area contributed by atoms with E-state index < -0.39 is 5.97 Å². The summed E-state index contributed by atoms with van der Waals surface area (Å²) in [5.74, 6) is -0.457. The number of hydrogen-bond donors (Lipinski definition) is 1. The van der Waals surface area contributed by atoms with Gasteiger partial charge in [-0.3, -0.25) is 9.59 Å². The zero-order valence-corrected chi connectivity index (χ0v) is 15.3. The summed E-state index contributed by atoms with van der Waals surface area (Å²) in [5.41, 5.74) is 1.68. The number of hydrogen-bond acceptors (Lipinski definition) is 3. The molecule has 5 nitrogen and oxygen atoms in total. The molecule has 0 spiro atoms. The van der Waals surface area contributed by atoms with Gasteiger partial charge in [0.05, 0.1) is 18.6 Å². The molecule has 2 aromatic rings. The summed E-state index contributed by atoms with van der Waals surface area (Å²) in [4.78, 5) is 26.0. The molecule has 1 saturated heterocycles. The number of benzene rings is 2.